The van der Waals surface area contributed by atoms with E-state index in [9.17, 15) is 0 Å². The maximum Gasteiger partial charge on any atom is 0.162 e. The minimum absolute atomic E-state index is 0. The van der Waals surface area contributed by atoms with Crippen molar-refractivity contribution in [1.82, 2.24) is 15.2 Å². The van der Waals surface area contributed by atoms with Gasteiger partial charge in [-0.05, 0) is 19.1 Å². The predicted octanol–water partition coefficient (Wildman–Crippen LogP) is 3.04. The summed E-state index contributed by atoms with van der Waals surface area (Å²) in [6.07, 6.45) is 1.69. The summed E-state index contributed by atoms with van der Waals surface area (Å²) in [6.45, 7) is 6.41. The van der Waals surface area contributed by atoms with Gasteiger partial charge < -0.3 is 9.73 Å². The molecule has 1 aliphatic rings. The molecule has 1 saturated heterocycles. The molecule has 20 heavy (non-hydrogen) atoms. The van der Waals surface area contributed by atoms with E-state index in [0.29, 0.717) is 6.04 Å². The number of thiazole rings is 1. The van der Waals surface area contributed by atoms with E-state index in [1.165, 1.54) is 0 Å². The maximum absolute atomic E-state index is 5.37. The molecule has 0 amide bonds. The van der Waals surface area contributed by atoms with E-state index in [4.69, 9.17) is 4.42 Å². The minimum atomic E-state index is 0. The van der Waals surface area contributed by atoms with Gasteiger partial charge >= 0.3 is 0 Å². The van der Waals surface area contributed by atoms with Gasteiger partial charge in [-0.3, -0.25) is 4.90 Å². The Morgan fingerprint density at radius 3 is 3.05 bits per heavy atom. The smallest absolute Gasteiger partial charge is 0.162 e. The van der Waals surface area contributed by atoms with Gasteiger partial charge in [0.2, 0.25) is 0 Å². The SMILES string of the molecule is C[C@@H]1CNCCN1Cc1csc(-c2ccco2)n1.Cl.Cl. The number of halogens is 2. The molecule has 1 N–H and O–H groups in total. The second-order valence-corrected chi connectivity index (χ2v) is 5.50. The molecule has 7 heteroatoms. The Bertz CT molecular complexity index is 503. The van der Waals surface area contributed by atoms with E-state index < -0.39 is 0 Å². The lowest BCUT2D eigenvalue weighted by atomic mass is 10.2. The van der Waals surface area contributed by atoms with Gasteiger partial charge in [0.1, 0.15) is 0 Å². The van der Waals surface area contributed by atoms with Crippen molar-refractivity contribution in [2.45, 2.75) is 19.5 Å². The summed E-state index contributed by atoms with van der Waals surface area (Å²) in [4.78, 5) is 7.11. The average Bonchev–Trinajstić information content (AvgIpc) is 3.02. The van der Waals surface area contributed by atoms with Gasteiger partial charge in [-0.15, -0.1) is 36.2 Å². The number of nitrogens with zero attached hydrogens (tertiary/aromatic N) is 2. The highest BCUT2D eigenvalue weighted by Crippen LogP contribution is 2.24. The largest absolute Gasteiger partial charge is 0.462 e. The molecule has 0 aromatic carbocycles. The number of furan rings is 1. The van der Waals surface area contributed by atoms with Crippen molar-refractivity contribution in [1.29, 1.82) is 0 Å². The van der Waals surface area contributed by atoms with Crippen LogP contribution < -0.4 is 5.32 Å². The lowest BCUT2D eigenvalue weighted by Crippen LogP contribution is -2.49. The van der Waals surface area contributed by atoms with Crippen molar-refractivity contribution in [3.63, 3.8) is 0 Å². The second-order valence-electron chi connectivity index (χ2n) is 4.64. The summed E-state index contributed by atoms with van der Waals surface area (Å²) in [5.74, 6) is 0.861. The molecule has 2 aromatic rings. The van der Waals surface area contributed by atoms with Gasteiger partial charge in [-0.2, -0.15) is 0 Å². The van der Waals surface area contributed by atoms with E-state index in [1.54, 1.807) is 17.6 Å². The maximum atomic E-state index is 5.37. The van der Waals surface area contributed by atoms with E-state index in [2.05, 4.69) is 27.5 Å². The zero-order valence-electron chi connectivity index (χ0n) is 11.2. The summed E-state index contributed by atoms with van der Waals surface area (Å²) in [5, 5.41) is 6.51. The standard InChI is InChI=1S/C13H17N3OS.2ClH/c1-10-7-14-4-5-16(10)8-11-9-18-13(15-11)12-3-2-6-17-12;;/h2-3,6,9-10,14H,4-5,7-8H2,1H3;2*1H/t10-;;/m1../s1. The van der Waals surface area contributed by atoms with Gasteiger partial charge in [0.15, 0.2) is 10.8 Å². The van der Waals surface area contributed by atoms with Crippen molar-refractivity contribution in [2.24, 2.45) is 0 Å². The number of hydrogen-bond acceptors (Lipinski definition) is 5. The van der Waals surface area contributed by atoms with Crippen LogP contribution in [0.25, 0.3) is 10.8 Å². The first-order valence-electron chi connectivity index (χ1n) is 6.26. The normalized spacial score (nSPS) is 19.1. The van der Waals surface area contributed by atoms with Crippen molar-refractivity contribution in [2.75, 3.05) is 19.6 Å². The summed E-state index contributed by atoms with van der Waals surface area (Å²) < 4.78 is 5.37. The van der Waals surface area contributed by atoms with E-state index in [0.717, 1.165) is 42.6 Å². The van der Waals surface area contributed by atoms with Crippen LogP contribution in [0.1, 0.15) is 12.6 Å². The van der Waals surface area contributed by atoms with Crippen LogP contribution in [-0.2, 0) is 6.54 Å². The first-order valence-corrected chi connectivity index (χ1v) is 7.14. The zero-order valence-corrected chi connectivity index (χ0v) is 13.7. The van der Waals surface area contributed by atoms with E-state index in [-0.39, 0.29) is 24.8 Å². The number of rotatable bonds is 3. The van der Waals surface area contributed by atoms with Crippen molar-refractivity contribution >= 4 is 36.2 Å². The van der Waals surface area contributed by atoms with Crippen molar-refractivity contribution in [3.05, 3.63) is 29.5 Å². The Labute approximate surface area is 135 Å². The summed E-state index contributed by atoms with van der Waals surface area (Å²) in [7, 11) is 0. The molecule has 0 bridgehead atoms. The van der Waals surface area contributed by atoms with Crippen LogP contribution in [0.2, 0.25) is 0 Å². The molecule has 2 aromatic heterocycles. The number of aromatic nitrogens is 1. The van der Waals surface area contributed by atoms with Crippen LogP contribution in [0, 0.1) is 0 Å². The van der Waals surface area contributed by atoms with Gasteiger partial charge in [0, 0.05) is 37.6 Å². The fraction of sp³-hybridized carbons (Fsp3) is 0.462. The third-order valence-electron chi connectivity index (χ3n) is 3.29. The van der Waals surface area contributed by atoms with Crippen LogP contribution in [0.4, 0.5) is 0 Å². The molecule has 0 aliphatic carbocycles. The molecule has 112 valence electrons. The second kappa shape index (κ2) is 8.00. The highest BCUT2D eigenvalue weighted by Gasteiger charge is 2.19. The number of hydrogen-bond donors (Lipinski definition) is 1. The van der Waals surface area contributed by atoms with E-state index >= 15 is 0 Å². The molecule has 4 nitrogen and oxygen atoms in total. The quantitative estimate of drug-likeness (QED) is 0.935. The van der Waals surface area contributed by atoms with Gasteiger partial charge in [-0.1, -0.05) is 0 Å². The van der Waals surface area contributed by atoms with Crippen molar-refractivity contribution < 1.29 is 4.42 Å². The van der Waals surface area contributed by atoms with Gasteiger partial charge in [-0.25, -0.2) is 4.98 Å². The first-order chi connectivity index (χ1) is 8.83. The fourth-order valence-electron chi connectivity index (χ4n) is 2.22. The lowest BCUT2D eigenvalue weighted by Gasteiger charge is -2.33. The van der Waals surface area contributed by atoms with Crippen LogP contribution in [-0.4, -0.2) is 35.6 Å². The molecular weight excluding hydrogens is 317 g/mol. The van der Waals surface area contributed by atoms with E-state index in [1.807, 2.05) is 12.1 Å². The van der Waals surface area contributed by atoms with Crippen LogP contribution in [0.15, 0.2) is 28.2 Å². The fourth-order valence-corrected chi connectivity index (χ4v) is 3.00. The molecule has 1 atom stereocenters. The molecule has 0 radical (unpaired) electrons. The lowest BCUT2D eigenvalue weighted by molar-refractivity contribution is 0.164. The topological polar surface area (TPSA) is 41.3 Å². The van der Waals surface area contributed by atoms with Gasteiger partial charge in [0.05, 0.1) is 12.0 Å². The molecule has 0 spiro atoms. The van der Waals surface area contributed by atoms with Crippen LogP contribution in [0.3, 0.4) is 0 Å². The van der Waals surface area contributed by atoms with Crippen molar-refractivity contribution in [3.8, 4) is 10.8 Å². The molecular formula is C13H19Cl2N3OS. The monoisotopic (exact) mass is 335 g/mol. The Balaban J connectivity index is 0.000001000. The Morgan fingerprint density at radius 2 is 2.35 bits per heavy atom. The van der Waals surface area contributed by atoms with Crippen LogP contribution in [0.5, 0.6) is 0 Å². The first kappa shape index (κ1) is 17.5. The molecule has 3 heterocycles. The Kier molecular flexibility index (Phi) is 6.99. The third-order valence-corrected chi connectivity index (χ3v) is 4.19. The summed E-state index contributed by atoms with van der Waals surface area (Å²) in [6, 6.07) is 4.43. The Hall–Kier alpha value is -0.590. The molecule has 0 unspecified atom stereocenters. The predicted molar refractivity (Wildman–Crippen MR) is 87.1 cm³/mol. The number of nitrogens with one attached hydrogen (secondary N) is 1. The number of piperazine rings is 1. The Morgan fingerprint density at radius 1 is 1.50 bits per heavy atom. The summed E-state index contributed by atoms with van der Waals surface area (Å²) in [5.41, 5.74) is 1.14. The molecule has 1 aliphatic heterocycles. The molecule has 1 fully saturated rings. The van der Waals surface area contributed by atoms with Gasteiger partial charge in [0.25, 0.3) is 0 Å². The van der Waals surface area contributed by atoms with Crippen LogP contribution >= 0.6 is 36.2 Å². The summed E-state index contributed by atoms with van der Waals surface area (Å²) >= 11 is 1.65. The average molecular weight is 336 g/mol. The minimum Gasteiger partial charge on any atom is -0.462 e. The highest BCUT2D eigenvalue weighted by atomic mass is 35.5. The third kappa shape index (κ3) is 3.96. The zero-order chi connectivity index (χ0) is 12.4. The molecule has 3 rings (SSSR count). The highest BCUT2D eigenvalue weighted by molar-refractivity contribution is 7.13. The molecule has 0 saturated carbocycles.